The number of nitrogens with one attached hydrogen (secondary N) is 2. The number of aromatic amines is 2. The number of hydrogen-bond donors (Lipinski definition) is 2. The van der Waals surface area contributed by atoms with Gasteiger partial charge in [-0.2, -0.15) is 0 Å². The topological polar surface area (TPSA) is 38.1 Å². The first-order valence-electron chi connectivity index (χ1n) is 14.3. The molecule has 6 rings (SSSR count). The van der Waals surface area contributed by atoms with Gasteiger partial charge in [0.05, 0.1) is 0 Å². The summed E-state index contributed by atoms with van der Waals surface area (Å²) >= 11 is 0. The van der Waals surface area contributed by atoms with Gasteiger partial charge in [-0.25, -0.2) is 0 Å². The van der Waals surface area contributed by atoms with Gasteiger partial charge in [0.1, 0.15) is 0 Å². The zero-order valence-corrected chi connectivity index (χ0v) is 22.3. The Bertz CT molecular complexity index is 1240. The molecule has 4 nitrogen and oxygen atoms in total. The molecule has 4 aromatic rings. The Morgan fingerprint density at radius 3 is 1.53 bits per heavy atom. The molecule has 2 aromatic carbocycles. The molecule has 0 saturated carbocycles. The molecule has 0 radical (unpaired) electrons. The summed E-state index contributed by atoms with van der Waals surface area (Å²) in [5.74, 6) is 0. The summed E-state index contributed by atoms with van der Waals surface area (Å²) in [7, 11) is 0. The van der Waals surface area contributed by atoms with E-state index in [-0.39, 0.29) is 0 Å². The highest BCUT2D eigenvalue weighted by atomic mass is 15.1. The molecule has 0 bridgehead atoms. The molecule has 2 aliphatic heterocycles. The van der Waals surface area contributed by atoms with E-state index in [1.165, 1.54) is 122 Å². The Labute approximate surface area is 216 Å². The van der Waals surface area contributed by atoms with Crippen molar-refractivity contribution >= 4 is 21.8 Å². The predicted molar refractivity (Wildman–Crippen MR) is 152 cm³/mol. The van der Waals surface area contributed by atoms with E-state index in [1.54, 1.807) is 11.1 Å². The molecule has 36 heavy (non-hydrogen) atoms. The highest BCUT2D eigenvalue weighted by molar-refractivity contribution is 5.86. The van der Waals surface area contributed by atoms with Crippen LogP contribution in [0.3, 0.4) is 0 Å². The molecule has 2 N–H and O–H groups in total. The Hall–Kier alpha value is -2.56. The summed E-state index contributed by atoms with van der Waals surface area (Å²) in [6.07, 6.45) is 10.5. The lowest BCUT2D eigenvalue weighted by Gasteiger charge is -2.27. The first-order valence-corrected chi connectivity index (χ1v) is 14.3. The van der Waals surface area contributed by atoms with Crippen molar-refractivity contribution in [3.05, 3.63) is 70.0 Å². The molecule has 0 fully saturated rings. The Balaban J connectivity index is 0.885. The van der Waals surface area contributed by atoms with E-state index in [9.17, 15) is 0 Å². The third-order valence-electron chi connectivity index (χ3n) is 8.62. The van der Waals surface area contributed by atoms with Gasteiger partial charge >= 0.3 is 0 Å². The smallest absolute Gasteiger partial charge is 0.0459 e. The Kier molecular flexibility index (Phi) is 6.90. The number of unbranched alkanes of at least 4 members (excludes halogenated alkanes) is 5. The summed E-state index contributed by atoms with van der Waals surface area (Å²) in [6.45, 7) is 11.5. The van der Waals surface area contributed by atoms with Crippen molar-refractivity contribution in [2.75, 3.05) is 26.2 Å². The van der Waals surface area contributed by atoms with E-state index in [0.717, 1.165) is 13.1 Å². The normalized spacial score (nSPS) is 16.6. The molecule has 4 heterocycles. The van der Waals surface area contributed by atoms with E-state index in [4.69, 9.17) is 0 Å². The third-order valence-corrected chi connectivity index (χ3v) is 8.62. The summed E-state index contributed by atoms with van der Waals surface area (Å²) in [6, 6.07) is 13.7. The first kappa shape index (κ1) is 23.8. The molecule has 0 atom stereocenters. The van der Waals surface area contributed by atoms with Crippen LogP contribution in [0.4, 0.5) is 0 Å². The maximum absolute atomic E-state index is 3.67. The maximum Gasteiger partial charge on any atom is 0.0459 e. The number of H-pyrrole nitrogens is 2. The average Bonchev–Trinajstić information content (AvgIpc) is 3.42. The second-order valence-electron chi connectivity index (χ2n) is 11.4. The largest absolute Gasteiger partial charge is 0.358 e. The Morgan fingerprint density at radius 2 is 1.06 bits per heavy atom. The van der Waals surface area contributed by atoms with E-state index in [2.05, 4.69) is 70.0 Å². The molecule has 2 aromatic heterocycles. The highest BCUT2D eigenvalue weighted by Gasteiger charge is 2.21. The van der Waals surface area contributed by atoms with E-state index in [0.29, 0.717) is 0 Å². The minimum absolute atomic E-state index is 1.12. The van der Waals surface area contributed by atoms with E-state index >= 15 is 0 Å². The fourth-order valence-electron chi connectivity index (χ4n) is 6.53. The summed E-state index contributed by atoms with van der Waals surface area (Å²) < 4.78 is 0. The summed E-state index contributed by atoms with van der Waals surface area (Å²) in [5.41, 5.74) is 11.4. The standard InChI is InChI=1S/C32H42N4/c1-23-9-11-29-25(19-23)27-21-35(17-13-31(27)33-29)15-7-5-3-4-6-8-16-36-18-14-32-28(22-36)26-20-24(2)10-12-30(26)34-32/h9-12,19-20,33-34H,3-8,13-18,21-22H2,1-2H3. The van der Waals surface area contributed by atoms with Crippen LogP contribution in [0, 0.1) is 13.8 Å². The predicted octanol–water partition coefficient (Wildman–Crippen LogP) is 7.02. The van der Waals surface area contributed by atoms with Gasteiger partial charge in [0, 0.05) is 72.2 Å². The quantitative estimate of drug-likeness (QED) is 0.252. The van der Waals surface area contributed by atoms with Gasteiger partial charge in [-0.15, -0.1) is 0 Å². The number of benzene rings is 2. The van der Waals surface area contributed by atoms with Crippen molar-refractivity contribution in [1.29, 1.82) is 0 Å². The van der Waals surface area contributed by atoms with Crippen LogP contribution in [0.25, 0.3) is 21.8 Å². The van der Waals surface area contributed by atoms with Crippen molar-refractivity contribution < 1.29 is 0 Å². The molecule has 2 aliphatic rings. The van der Waals surface area contributed by atoms with Gasteiger partial charge in [0.15, 0.2) is 0 Å². The van der Waals surface area contributed by atoms with Gasteiger partial charge in [-0.05, 0) is 75.2 Å². The molecular weight excluding hydrogens is 440 g/mol. The van der Waals surface area contributed by atoms with Crippen LogP contribution in [-0.2, 0) is 25.9 Å². The van der Waals surface area contributed by atoms with E-state index in [1.807, 2.05) is 0 Å². The molecular formula is C32H42N4. The average molecular weight is 483 g/mol. The second-order valence-corrected chi connectivity index (χ2v) is 11.4. The van der Waals surface area contributed by atoms with E-state index < -0.39 is 0 Å². The van der Waals surface area contributed by atoms with Crippen LogP contribution in [0.5, 0.6) is 0 Å². The van der Waals surface area contributed by atoms with Crippen LogP contribution in [0.1, 0.15) is 72.2 Å². The molecule has 0 unspecified atom stereocenters. The molecule has 0 spiro atoms. The monoisotopic (exact) mass is 482 g/mol. The van der Waals surface area contributed by atoms with Crippen molar-refractivity contribution in [2.45, 2.75) is 78.3 Å². The lowest BCUT2D eigenvalue weighted by Crippen LogP contribution is -2.31. The molecule has 0 aliphatic carbocycles. The van der Waals surface area contributed by atoms with Crippen molar-refractivity contribution in [3.8, 4) is 0 Å². The van der Waals surface area contributed by atoms with Crippen LogP contribution in [-0.4, -0.2) is 45.9 Å². The fourth-order valence-corrected chi connectivity index (χ4v) is 6.53. The molecule has 0 saturated heterocycles. The first-order chi connectivity index (χ1) is 17.6. The van der Waals surface area contributed by atoms with Gasteiger partial charge < -0.3 is 9.97 Å². The number of aryl methyl sites for hydroxylation is 2. The molecule has 190 valence electrons. The fraction of sp³-hybridized carbons (Fsp3) is 0.500. The highest BCUT2D eigenvalue weighted by Crippen LogP contribution is 2.30. The number of fused-ring (bicyclic) bond motifs is 6. The lowest BCUT2D eigenvalue weighted by atomic mass is 10.0. The van der Waals surface area contributed by atoms with Gasteiger partial charge in [-0.1, -0.05) is 48.9 Å². The Morgan fingerprint density at radius 1 is 0.611 bits per heavy atom. The number of nitrogens with zero attached hydrogens (tertiary/aromatic N) is 2. The van der Waals surface area contributed by atoms with Crippen LogP contribution < -0.4 is 0 Å². The second kappa shape index (κ2) is 10.4. The van der Waals surface area contributed by atoms with Gasteiger partial charge in [0.2, 0.25) is 0 Å². The lowest BCUT2D eigenvalue weighted by molar-refractivity contribution is 0.244. The van der Waals surface area contributed by atoms with Crippen molar-refractivity contribution in [3.63, 3.8) is 0 Å². The molecule has 0 amide bonds. The zero-order valence-electron chi connectivity index (χ0n) is 22.3. The summed E-state index contributed by atoms with van der Waals surface area (Å²) in [5, 5.41) is 2.89. The number of hydrogen-bond acceptors (Lipinski definition) is 2. The van der Waals surface area contributed by atoms with Crippen LogP contribution in [0.15, 0.2) is 36.4 Å². The van der Waals surface area contributed by atoms with Crippen molar-refractivity contribution in [1.82, 2.24) is 19.8 Å². The van der Waals surface area contributed by atoms with Crippen LogP contribution in [0.2, 0.25) is 0 Å². The van der Waals surface area contributed by atoms with Crippen LogP contribution >= 0.6 is 0 Å². The van der Waals surface area contributed by atoms with Crippen molar-refractivity contribution in [2.24, 2.45) is 0 Å². The molecule has 4 heteroatoms. The number of aromatic nitrogens is 2. The maximum atomic E-state index is 3.67. The van der Waals surface area contributed by atoms with Gasteiger partial charge in [0.25, 0.3) is 0 Å². The summed E-state index contributed by atoms with van der Waals surface area (Å²) in [4.78, 5) is 12.7. The van der Waals surface area contributed by atoms with Gasteiger partial charge in [-0.3, -0.25) is 9.80 Å². The SMILES string of the molecule is Cc1ccc2[nH]c3c(c2c1)CN(CCCCCCCCN1CCc2[nH]c4ccc(C)cc4c2C1)CC3. The minimum atomic E-state index is 1.12. The zero-order chi connectivity index (χ0) is 24.5. The third kappa shape index (κ3) is 4.99. The minimum Gasteiger partial charge on any atom is -0.358 e. The number of rotatable bonds is 9.